The molecule has 6 nitrogen and oxygen atoms in total. The number of benzene rings is 1. The van der Waals surface area contributed by atoms with Gasteiger partial charge in [-0.05, 0) is 62.3 Å². The molecule has 0 spiro atoms. The highest BCUT2D eigenvalue weighted by Gasteiger charge is 2.35. The highest BCUT2D eigenvalue weighted by Crippen LogP contribution is 2.30. The largest absolute Gasteiger partial charge is 0.462 e. The number of carbonyl (C=O) groups is 1. The number of sulfonamides is 1. The summed E-state index contributed by atoms with van der Waals surface area (Å²) >= 11 is 1.31. The van der Waals surface area contributed by atoms with Crippen LogP contribution in [0.3, 0.4) is 0 Å². The number of carbonyl (C=O) groups excluding carboxylic acids is 1. The normalized spacial score (nSPS) is 25.5. The van der Waals surface area contributed by atoms with Crippen molar-refractivity contribution in [3.8, 4) is 0 Å². The molecule has 2 aromatic rings. The third-order valence-electron chi connectivity index (χ3n) is 5.07. The van der Waals surface area contributed by atoms with E-state index in [1.165, 1.54) is 11.3 Å². The smallest absolute Gasteiger partial charge is 0.348 e. The zero-order valence-electron chi connectivity index (χ0n) is 14.5. The van der Waals surface area contributed by atoms with Crippen LogP contribution in [-0.2, 0) is 14.8 Å². The SMILES string of the molecule is CCOC(=O)c1cc2cc(S(=O)(=O)NC3CC4CCC(C3)N4)ccc2s1. The second-order valence-corrected chi connectivity index (χ2v) is 9.76. The third kappa shape index (κ3) is 3.51. The van der Waals surface area contributed by atoms with E-state index in [0.29, 0.717) is 23.6 Å². The van der Waals surface area contributed by atoms with Crippen LogP contribution < -0.4 is 10.0 Å². The van der Waals surface area contributed by atoms with E-state index >= 15 is 0 Å². The summed E-state index contributed by atoms with van der Waals surface area (Å²) < 4.78 is 34.4. The molecule has 2 atom stereocenters. The van der Waals surface area contributed by atoms with E-state index in [-0.39, 0.29) is 16.9 Å². The van der Waals surface area contributed by atoms with Crippen molar-refractivity contribution < 1.29 is 17.9 Å². The van der Waals surface area contributed by atoms with Crippen LogP contribution in [0.5, 0.6) is 0 Å². The monoisotopic (exact) mass is 394 g/mol. The maximum absolute atomic E-state index is 12.8. The molecule has 2 aliphatic heterocycles. The Balaban J connectivity index is 1.55. The summed E-state index contributed by atoms with van der Waals surface area (Å²) in [4.78, 5) is 12.6. The number of rotatable bonds is 5. The molecular formula is C18H22N2O4S2. The van der Waals surface area contributed by atoms with E-state index in [2.05, 4.69) is 10.0 Å². The lowest BCUT2D eigenvalue weighted by atomic mass is 10.0. The van der Waals surface area contributed by atoms with Crippen LogP contribution >= 0.6 is 11.3 Å². The lowest BCUT2D eigenvalue weighted by Gasteiger charge is -2.29. The fourth-order valence-electron chi connectivity index (χ4n) is 3.93. The molecule has 26 heavy (non-hydrogen) atoms. The van der Waals surface area contributed by atoms with Gasteiger partial charge in [-0.25, -0.2) is 17.9 Å². The second kappa shape index (κ2) is 6.92. The summed E-state index contributed by atoms with van der Waals surface area (Å²) in [5.41, 5.74) is 0. The Labute approximate surface area is 157 Å². The number of fused-ring (bicyclic) bond motifs is 3. The second-order valence-electron chi connectivity index (χ2n) is 6.96. The third-order valence-corrected chi connectivity index (χ3v) is 7.68. The molecule has 8 heteroatoms. The summed E-state index contributed by atoms with van der Waals surface area (Å²) in [6.45, 7) is 2.07. The van der Waals surface area contributed by atoms with Crippen LogP contribution in [0.25, 0.3) is 10.1 Å². The van der Waals surface area contributed by atoms with Crippen molar-refractivity contribution in [2.24, 2.45) is 0 Å². The lowest BCUT2D eigenvalue weighted by Crippen LogP contribution is -2.47. The van der Waals surface area contributed by atoms with Crippen molar-refractivity contribution in [3.05, 3.63) is 29.1 Å². The Morgan fingerprint density at radius 3 is 2.69 bits per heavy atom. The van der Waals surface area contributed by atoms with E-state index < -0.39 is 10.0 Å². The van der Waals surface area contributed by atoms with E-state index in [1.54, 1.807) is 31.2 Å². The van der Waals surface area contributed by atoms with Gasteiger partial charge in [0.2, 0.25) is 10.0 Å². The van der Waals surface area contributed by atoms with Crippen molar-refractivity contribution >= 4 is 37.4 Å². The molecule has 1 aromatic heterocycles. The fourth-order valence-corrected chi connectivity index (χ4v) is 6.17. The molecule has 4 rings (SSSR count). The quantitative estimate of drug-likeness (QED) is 0.762. The molecule has 2 N–H and O–H groups in total. The first-order valence-corrected chi connectivity index (χ1v) is 11.2. The van der Waals surface area contributed by atoms with Gasteiger partial charge in [0.25, 0.3) is 0 Å². The van der Waals surface area contributed by atoms with Gasteiger partial charge >= 0.3 is 5.97 Å². The van der Waals surface area contributed by atoms with Crippen LogP contribution in [0.15, 0.2) is 29.2 Å². The molecule has 2 saturated heterocycles. The van der Waals surface area contributed by atoms with Crippen molar-refractivity contribution in [2.75, 3.05) is 6.61 Å². The Morgan fingerprint density at radius 2 is 2.00 bits per heavy atom. The van der Waals surface area contributed by atoms with Crippen LogP contribution in [-0.4, -0.2) is 39.1 Å². The Bertz CT molecular complexity index is 926. The summed E-state index contributed by atoms with van der Waals surface area (Å²) in [7, 11) is -3.58. The molecule has 140 valence electrons. The molecule has 0 aliphatic carbocycles. The van der Waals surface area contributed by atoms with E-state index in [9.17, 15) is 13.2 Å². The summed E-state index contributed by atoms with van der Waals surface area (Å²) in [5.74, 6) is -0.374. The van der Waals surface area contributed by atoms with E-state index in [0.717, 1.165) is 35.8 Å². The van der Waals surface area contributed by atoms with Crippen LogP contribution in [0.1, 0.15) is 42.3 Å². The maximum Gasteiger partial charge on any atom is 0.348 e. The molecule has 2 bridgehead atoms. The van der Waals surface area contributed by atoms with Gasteiger partial charge in [-0.15, -0.1) is 11.3 Å². The predicted molar refractivity (Wildman–Crippen MR) is 101 cm³/mol. The minimum absolute atomic E-state index is 0.0213. The highest BCUT2D eigenvalue weighted by molar-refractivity contribution is 7.89. The van der Waals surface area contributed by atoms with Gasteiger partial charge in [0.15, 0.2) is 0 Å². The van der Waals surface area contributed by atoms with E-state index in [4.69, 9.17) is 4.74 Å². The Kier molecular flexibility index (Phi) is 4.77. The lowest BCUT2D eigenvalue weighted by molar-refractivity contribution is 0.0532. The average molecular weight is 395 g/mol. The zero-order valence-corrected chi connectivity index (χ0v) is 16.2. The Hall–Kier alpha value is -1.48. The van der Waals surface area contributed by atoms with Gasteiger partial charge < -0.3 is 10.1 Å². The number of hydrogen-bond acceptors (Lipinski definition) is 6. The first-order valence-electron chi connectivity index (χ1n) is 8.93. The molecule has 3 heterocycles. The molecule has 1 aromatic carbocycles. The zero-order chi connectivity index (χ0) is 18.3. The molecular weight excluding hydrogens is 372 g/mol. The minimum atomic E-state index is -3.58. The van der Waals surface area contributed by atoms with Gasteiger partial charge in [0.1, 0.15) is 4.88 Å². The van der Waals surface area contributed by atoms with Crippen molar-refractivity contribution in [1.82, 2.24) is 10.0 Å². The molecule has 0 amide bonds. The molecule has 2 fully saturated rings. The van der Waals surface area contributed by atoms with Crippen LogP contribution in [0.4, 0.5) is 0 Å². The summed E-state index contributed by atoms with van der Waals surface area (Å²) in [6, 6.07) is 7.51. The van der Waals surface area contributed by atoms with Gasteiger partial charge in [0.05, 0.1) is 11.5 Å². The fraction of sp³-hybridized carbons (Fsp3) is 0.500. The number of ether oxygens (including phenoxy) is 1. The van der Waals surface area contributed by atoms with Gasteiger partial charge in [-0.1, -0.05) is 0 Å². The van der Waals surface area contributed by atoms with Crippen molar-refractivity contribution in [3.63, 3.8) is 0 Å². The molecule has 2 aliphatic rings. The highest BCUT2D eigenvalue weighted by atomic mass is 32.2. The first kappa shape index (κ1) is 17.9. The number of esters is 1. The standard InChI is InChI=1S/C18H22N2O4S2/c1-2-24-18(21)17-8-11-7-15(5-6-16(11)25-17)26(22,23)20-14-9-12-3-4-13(10-14)19-12/h5-8,12-14,19-20H,2-4,9-10H2,1H3. The number of nitrogens with one attached hydrogen (secondary N) is 2. The summed E-state index contributed by atoms with van der Waals surface area (Å²) in [5, 5.41) is 4.26. The van der Waals surface area contributed by atoms with Gasteiger partial charge in [-0.2, -0.15) is 0 Å². The van der Waals surface area contributed by atoms with Crippen molar-refractivity contribution in [2.45, 2.75) is 55.6 Å². The Morgan fingerprint density at radius 1 is 1.27 bits per heavy atom. The maximum atomic E-state index is 12.8. The van der Waals surface area contributed by atoms with Gasteiger partial charge in [0, 0.05) is 22.8 Å². The topological polar surface area (TPSA) is 84.5 Å². The van der Waals surface area contributed by atoms with Crippen LogP contribution in [0, 0.1) is 0 Å². The number of thiophene rings is 1. The van der Waals surface area contributed by atoms with Gasteiger partial charge in [-0.3, -0.25) is 0 Å². The molecule has 2 unspecified atom stereocenters. The molecule has 0 saturated carbocycles. The number of piperidine rings is 1. The molecule has 0 radical (unpaired) electrons. The van der Waals surface area contributed by atoms with Crippen LogP contribution in [0.2, 0.25) is 0 Å². The number of hydrogen-bond donors (Lipinski definition) is 2. The first-order chi connectivity index (χ1) is 12.4. The van der Waals surface area contributed by atoms with Crippen molar-refractivity contribution in [1.29, 1.82) is 0 Å². The summed E-state index contributed by atoms with van der Waals surface area (Å²) in [6.07, 6.45) is 3.92. The average Bonchev–Trinajstić information content (AvgIpc) is 3.17. The minimum Gasteiger partial charge on any atom is -0.462 e. The van der Waals surface area contributed by atoms with E-state index in [1.807, 2.05) is 0 Å². The predicted octanol–water partition coefficient (Wildman–Crippen LogP) is 2.64.